The van der Waals surface area contributed by atoms with Crippen LogP contribution in [-0.2, 0) is 4.74 Å². The van der Waals surface area contributed by atoms with Crippen LogP contribution < -0.4 is 0 Å². The van der Waals surface area contributed by atoms with Gasteiger partial charge in [-0.1, -0.05) is 0 Å². The van der Waals surface area contributed by atoms with Gasteiger partial charge in [-0.15, -0.1) is 0 Å². The van der Waals surface area contributed by atoms with Crippen LogP contribution in [0.5, 0.6) is 0 Å². The summed E-state index contributed by atoms with van der Waals surface area (Å²) in [5, 5.41) is 11.6. The highest BCUT2D eigenvalue weighted by Crippen LogP contribution is 2.27. The highest BCUT2D eigenvalue weighted by Gasteiger charge is 2.19. The number of fused-ring (bicyclic) bond motifs is 1. The fourth-order valence-electron chi connectivity index (χ4n) is 2.32. The Labute approximate surface area is 97.8 Å². The van der Waals surface area contributed by atoms with Crippen molar-refractivity contribution in [3.05, 3.63) is 40.6 Å². The Morgan fingerprint density at radius 1 is 1.41 bits per heavy atom. The van der Waals surface area contributed by atoms with E-state index in [1.54, 1.807) is 12.1 Å². The molecule has 0 amide bonds. The molecule has 5 heteroatoms. The Balaban J connectivity index is 2.07. The zero-order valence-electron chi connectivity index (χ0n) is 9.20. The molecule has 2 heterocycles. The summed E-state index contributed by atoms with van der Waals surface area (Å²) in [5.74, 6) is 0. The number of rotatable bonds is 2. The average Bonchev–Trinajstić information content (AvgIpc) is 2.96. The molecule has 1 aliphatic heterocycles. The zero-order valence-corrected chi connectivity index (χ0v) is 9.20. The lowest BCUT2D eigenvalue weighted by molar-refractivity contribution is -0.384. The lowest BCUT2D eigenvalue weighted by Crippen LogP contribution is -2.06. The Bertz CT molecular complexity index is 570. The molecule has 1 aromatic heterocycles. The number of nitrogens with zero attached hydrogens (tertiary/aromatic N) is 2. The van der Waals surface area contributed by atoms with Crippen LogP contribution >= 0.6 is 0 Å². The first-order valence-electron chi connectivity index (χ1n) is 5.58. The third-order valence-corrected chi connectivity index (χ3v) is 3.21. The second kappa shape index (κ2) is 3.85. The number of benzene rings is 1. The molecule has 0 saturated carbocycles. The van der Waals surface area contributed by atoms with Crippen LogP contribution in [0.2, 0.25) is 0 Å². The summed E-state index contributed by atoms with van der Waals surface area (Å²) in [4.78, 5) is 10.3. The summed E-state index contributed by atoms with van der Waals surface area (Å²) in [6.07, 6.45) is 2.98. The van der Waals surface area contributed by atoms with Gasteiger partial charge in [0.15, 0.2) is 0 Å². The molecule has 17 heavy (non-hydrogen) atoms. The van der Waals surface area contributed by atoms with Crippen molar-refractivity contribution in [1.29, 1.82) is 0 Å². The minimum Gasteiger partial charge on any atom is -0.379 e. The molecule has 0 unspecified atom stereocenters. The Kier molecular flexibility index (Phi) is 2.33. The van der Waals surface area contributed by atoms with Crippen LogP contribution in [-0.4, -0.2) is 22.7 Å². The van der Waals surface area contributed by atoms with Gasteiger partial charge in [0, 0.05) is 35.8 Å². The molecule has 0 aliphatic carbocycles. The molecule has 3 rings (SSSR count). The molecule has 0 N–H and O–H groups in total. The lowest BCUT2D eigenvalue weighted by atomic mass is 10.2. The topological polar surface area (TPSA) is 57.3 Å². The van der Waals surface area contributed by atoms with Crippen LogP contribution in [0.3, 0.4) is 0 Å². The Morgan fingerprint density at radius 3 is 3.00 bits per heavy atom. The second-order valence-electron chi connectivity index (χ2n) is 4.24. The maximum atomic E-state index is 10.7. The van der Waals surface area contributed by atoms with Crippen molar-refractivity contribution < 1.29 is 9.66 Å². The zero-order chi connectivity index (χ0) is 11.8. The monoisotopic (exact) mass is 232 g/mol. The normalized spacial score (nSPS) is 19.9. The Morgan fingerprint density at radius 2 is 2.29 bits per heavy atom. The predicted octanol–water partition coefficient (Wildman–Crippen LogP) is 2.51. The SMILES string of the molecule is O=[N+]([O-])c1ccc2c(ccn2[C@H]2CCOC2)c1. The molecule has 88 valence electrons. The van der Waals surface area contributed by atoms with Crippen LogP contribution in [0.4, 0.5) is 5.69 Å². The number of ether oxygens (including phenoxy) is 1. The van der Waals surface area contributed by atoms with Gasteiger partial charge in [-0.05, 0) is 18.6 Å². The molecule has 1 aromatic carbocycles. The van der Waals surface area contributed by atoms with Gasteiger partial charge in [0.25, 0.3) is 5.69 Å². The number of non-ortho nitro benzene ring substituents is 1. The maximum absolute atomic E-state index is 10.7. The van der Waals surface area contributed by atoms with Crippen molar-refractivity contribution >= 4 is 16.6 Å². The minimum absolute atomic E-state index is 0.137. The van der Waals surface area contributed by atoms with Crippen molar-refractivity contribution in [2.24, 2.45) is 0 Å². The van der Waals surface area contributed by atoms with Crippen LogP contribution in [0.1, 0.15) is 12.5 Å². The van der Waals surface area contributed by atoms with Crippen molar-refractivity contribution in [3.63, 3.8) is 0 Å². The molecule has 0 spiro atoms. The highest BCUT2D eigenvalue weighted by molar-refractivity contribution is 5.82. The molecule has 1 atom stereocenters. The quantitative estimate of drug-likeness (QED) is 0.590. The van der Waals surface area contributed by atoms with Gasteiger partial charge in [0.2, 0.25) is 0 Å². The largest absolute Gasteiger partial charge is 0.379 e. The van der Waals surface area contributed by atoms with Crippen molar-refractivity contribution in [3.8, 4) is 0 Å². The van der Waals surface area contributed by atoms with E-state index >= 15 is 0 Å². The van der Waals surface area contributed by atoms with E-state index in [1.807, 2.05) is 18.3 Å². The van der Waals surface area contributed by atoms with Crippen molar-refractivity contribution in [1.82, 2.24) is 4.57 Å². The summed E-state index contributed by atoms with van der Waals surface area (Å²) in [7, 11) is 0. The van der Waals surface area contributed by atoms with Gasteiger partial charge >= 0.3 is 0 Å². The highest BCUT2D eigenvalue weighted by atomic mass is 16.6. The average molecular weight is 232 g/mol. The fourth-order valence-corrected chi connectivity index (χ4v) is 2.32. The van der Waals surface area contributed by atoms with Crippen molar-refractivity contribution in [2.45, 2.75) is 12.5 Å². The van der Waals surface area contributed by atoms with Crippen LogP contribution in [0.15, 0.2) is 30.5 Å². The first-order chi connectivity index (χ1) is 8.25. The van der Waals surface area contributed by atoms with Gasteiger partial charge in [-0.25, -0.2) is 0 Å². The van der Waals surface area contributed by atoms with E-state index in [1.165, 1.54) is 0 Å². The first kappa shape index (κ1) is 10.3. The number of nitro benzene ring substituents is 1. The number of hydrogen-bond donors (Lipinski definition) is 0. The van der Waals surface area contributed by atoms with Gasteiger partial charge in [-0.3, -0.25) is 10.1 Å². The molecular weight excluding hydrogens is 220 g/mol. The molecule has 0 radical (unpaired) electrons. The molecule has 5 nitrogen and oxygen atoms in total. The van der Waals surface area contributed by atoms with Gasteiger partial charge in [-0.2, -0.15) is 0 Å². The van der Waals surface area contributed by atoms with Crippen LogP contribution in [0.25, 0.3) is 10.9 Å². The Hall–Kier alpha value is -1.88. The number of hydrogen-bond acceptors (Lipinski definition) is 3. The molecule has 1 saturated heterocycles. The lowest BCUT2D eigenvalue weighted by Gasteiger charge is -2.11. The van der Waals surface area contributed by atoms with Gasteiger partial charge in [0.05, 0.1) is 17.6 Å². The van der Waals surface area contributed by atoms with E-state index in [0.717, 1.165) is 30.5 Å². The minimum atomic E-state index is -0.366. The smallest absolute Gasteiger partial charge is 0.270 e. The van der Waals surface area contributed by atoms with E-state index in [4.69, 9.17) is 4.74 Å². The van der Waals surface area contributed by atoms with E-state index in [-0.39, 0.29) is 10.6 Å². The second-order valence-corrected chi connectivity index (χ2v) is 4.24. The molecule has 1 fully saturated rings. The summed E-state index contributed by atoms with van der Waals surface area (Å²) in [6, 6.07) is 7.25. The van der Waals surface area contributed by atoms with Crippen molar-refractivity contribution in [2.75, 3.05) is 13.2 Å². The summed E-state index contributed by atoms with van der Waals surface area (Å²) >= 11 is 0. The first-order valence-corrected chi connectivity index (χ1v) is 5.58. The number of aromatic nitrogens is 1. The standard InChI is InChI=1S/C12H12N2O3/c15-14(16)10-1-2-12-9(7-10)3-5-13(12)11-4-6-17-8-11/h1-3,5,7,11H,4,6,8H2/t11-/m0/s1. The molecule has 2 aromatic rings. The molecular formula is C12H12N2O3. The molecule has 1 aliphatic rings. The fraction of sp³-hybridized carbons (Fsp3) is 0.333. The molecule has 0 bridgehead atoms. The summed E-state index contributed by atoms with van der Waals surface area (Å²) in [6.45, 7) is 1.51. The third kappa shape index (κ3) is 1.68. The maximum Gasteiger partial charge on any atom is 0.270 e. The van der Waals surface area contributed by atoms with E-state index < -0.39 is 0 Å². The predicted molar refractivity (Wildman–Crippen MR) is 63.1 cm³/mol. The summed E-state index contributed by atoms with van der Waals surface area (Å²) in [5.41, 5.74) is 1.17. The van der Waals surface area contributed by atoms with Crippen LogP contribution in [0, 0.1) is 10.1 Å². The van der Waals surface area contributed by atoms with Gasteiger partial charge in [0.1, 0.15) is 0 Å². The van der Waals surface area contributed by atoms with E-state index in [9.17, 15) is 10.1 Å². The van der Waals surface area contributed by atoms with E-state index in [0.29, 0.717) is 6.04 Å². The summed E-state index contributed by atoms with van der Waals surface area (Å²) < 4.78 is 7.51. The number of nitro groups is 1. The van der Waals surface area contributed by atoms with Gasteiger partial charge < -0.3 is 9.30 Å². The van der Waals surface area contributed by atoms with E-state index in [2.05, 4.69) is 4.57 Å². The third-order valence-electron chi connectivity index (χ3n) is 3.21.